The van der Waals surface area contributed by atoms with Crippen LogP contribution < -0.4 is 0 Å². The van der Waals surface area contributed by atoms with Crippen molar-refractivity contribution in [3.8, 4) is 22.3 Å². The van der Waals surface area contributed by atoms with Crippen molar-refractivity contribution in [3.05, 3.63) is 95.6 Å². The number of halogens is 4. The van der Waals surface area contributed by atoms with Gasteiger partial charge in [-0.2, -0.15) is 0 Å². The fourth-order valence-electron chi connectivity index (χ4n) is 3.65. The first-order valence-corrected chi connectivity index (χ1v) is 9.94. The van der Waals surface area contributed by atoms with Crippen molar-refractivity contribution in [2.75, 3.05) is 0 Å². The molecule has 0 nitrogen and oxygen atoms in total. The van der Waals surface area contributed by atoms with E-state index in [1.165, 1.54) is 11.6 Å². The molecular formula is C26H20F4. The molecule has 0 aromatic heterocycles. The van der Waals surface area contributed by atoms with Crippen molar-refractivity contribution in [1.29, 1.82) is 0 Å². The molecule has 0 bridgehead atoms. The van der Waals surface area contributed by atoms with Gasteiger partial charge in [0.25, 0.3) is 0 Å². The van der Waals surface area contributed by atoms with Crippen LogP contribution in [0, 0.1) is 23.3 Å². The van der Waals surface area contributed by atoms with Crippen LogP contribution in [0.1, 0.15) is 25.3 Å². The molecule has 0 aliphatic carbocycles. The van der Waals surface area contributed by atoms with Crippen LogP contribution in [0.3, 0.4) is 0 Å². The lowest BCUT2D eigenvalue weighted by Gasteiger charge is -2.10. The zero-order valence-corrected chi connectivity index (χ0v) is 16.5. The average Bonchev–Trinajstić information content (AvgIpc) is 2.76. The fraction of sp³-hybridized carbons (Fsp3) is 0.154. The minimum absolute atomic E-state index is 0.0216. The fourth-order valence-corrected chi connectivity index (χ4v) is 3.65. The van der Waals surface area contributed by atoms with Crippen LogP contribution in [0.4, 0.5) is 17.6 Å². The van der Waals surface area contributed by atoms with Gasteiger partial charge in [0.05, 0.1) is 0 Å². The first kappa shape index (κ1) is 20.1. The molecular weight excluding hydrogens is 388 g/mol. The monoisotopic (exact) mass is 408 g/mol. The maximum absolute atomic E-state index is 15.1. The Morgan fingerprint density at radius 2 is 1.30 bits per heavy atom. The van der Waals surface area contributed by atoms with Gasteiger partial charge in [-0.25, -0.2) is 17.6 Å². The average molecular weight is 408 g/mol. The third kappa shape index (κ3) is 3.82. The molecule has 152 valence electrons. The highest BCUT2D eigenvalue weighted by atomic mass is 19.2. The third-order valence-corrected chi connectivity index (χ3v) is 5.36. The lowest BCUT2D eigenvalue weighted by Crippen LogP contribution is -1.94. The highest BCUT2D eigenvalue weighted by molar-refractivity contribution is 5.91. The van der Waals surface area contributed by atoms with Crippen LogP contribution >= 0.6 is 0 Å². The van der Waals surface area contributed by atoms with E-state index >= 15 is 4.39 Å². The van der Waals surface area contributed by atoms with Crippen molar-refractivity contribution in [1.82, 2.24) is 0 Å². The summed E-state index contributed by atoms with van der Waals surface area (Å²) < 4.78 is 55.5. The van der Waals surface area contributed by atoms with Crippen molar-refractivity contribution >= 4 is 10.8 Å². The number of unbranched alkanes of at least 4 members (excludes halogenated alkanes) is 1. The van der Waals surface area contributed by atoms with Gasteiger partial charge in [-0.1, -0.05) is 61.9 Å². The van der Waals surface area contributed by atoms with E-state index in [-0.39, 0.29) is 11.1 Å². The Morgan fingerprint density at radius 1 is 0.633 bits per heavy atom. The molecule has 0 radical (unpaired) electrons. The summed E-state index contributed by atoms with van der Waals surface area (Å²) in [6, 6.07) is 18.5. The van der Waals surface area contributed by atoms with E-state index in [1.54, 1.807) is 12.1 Å². The molecule has 0 unspecified atom stereocenters. The Balaban J connectivity index is 1.71. The van der Waals surface area contributed by atoms with Crippen molar-refractivity contribution in [2.24, 2.45) is 0 Å². The molecule has 0 aliphatic rings. The Kier molecular flexibility index (Phi) is 5.58. The van der Waals surface area contributed by atoms with Crippen LogP contribution in [0.25, 0.3) is 33.0 Å². The molecule has 0 heterocycles. The molecule has 30 heavy (non-hydrogen) atoms. The van der Waals surface area contributed by atoms with Crippen molar-refractivity contribution in [2.45, 2.75) is 26.2 Å². The summed E-state index contributed by atoms with van der Waals surface area (Å²) >= 11 is 0. The summed E-state index contributed by atoms with van der Waals surface area (Å²) in [7, 11) is 0. The summed E-state index contributed by atoms with van der Waals surface area (Å²) in [6.45, 7) is 2.16. The van der Waals surface area contributed by atoms with E-state index in [1.807, 2.05) is 12.1 Å². The largest absolute Gasteiger partial charge is 0.206 e. The van der Waals surface area contributed by atoms with Gasteiger partial charge >= 0.3 is 0 Å². The SMILES string of the molecule is CCCCc1ccc(-c2ccc3c(F)c(-c4cc(F)c(F)c(F)c4)ccc3c2)cc1. The van der Waals surface area contributed by atoms with Gasteiger partial charge in [-0.15, -0.1) is 0 Å². The molecule has 0 aliphatic heterocycles. The summed E-state index contributed by atoms with van der Waals surface area (Å²) in [6.07, 6.45) is 3.35. The number of aryl methyl sites for hydroxylation is 1. The van der Waals surface area contributed by atoms with Crippen LogP contribution in [-0.2, 0) is 6.42 Å². The molecule has 0 saturated heterocycles. The Bertz CT molecular complexity index is 1190. The zero-order valence-electron chi connectivity index (χ0n) is 16.5. The van der Waals surface area contributed by atoms with Crippen LogP contribution in [0.5, 0.6) is 0 Å². The van der Waals surface area contributed by atoms with E-state index in [0.29, 0.717) is 10.8 Å². The van der Waals surface area contributed by atoms with Crippen LogP contribution in [0.15, 0.2) is 66.7 Å². The highest BCUT2D eigenvalue weighted by Gasteiger charge is 2.16. The van der Waals surface area contributed by atoms with Gasteiger partial charge in [-0.3, -0.25) is 0 Å². The van der Waals surface area contributed by atoms with E-state index in [2.05, 4.69) is 31.2 Å². The minimum Gasteiger partial charge on any atom is -0.206 e. The number of hydrogen-bond acceptors (Lipinski definition) is 0. The summed E-state index contributed by atoms with van der Waals surface area (Å²) in [4.78, 5) is 0. The number of hydrogen-bond donors (Lipinski definition) is 0. The van der Waals surface area contributed by atoms with E-state index < -0.39 is 23.3 Å². The molecule has 0 N–H and O–H groups in total. The van der Waals surface area contributed by atoms with Gasteiger partial charge in [0, 0.05) is 10.9 Å². The Hall–Kier alpha value is -3.14. The van der Waals surface area contributed by atoms with Crippen LogP contribution in [0.2, 0.25) is 0 Å². The van der Waals surface area contributed by atoms with Gasteiger partial charge in [-0.05, 0) is 58.7 Å². The quantitative estimate of drug-likeness (QED) is 0.231. The minimum atomic E-state index is -1.56. The highest BCUT2D eigenvalue weighted by Crippen LogP contribution is 2.33. The molecule has 4 heteroatoms. The predicted octanol–water partition coefficient (Wildman–Crippen LogP) is 8.07. The molecule has 0 atom stereocenters. The van der Waals surface area contributed by atoms with Crippen molar-refractivity contribution in [3.63, 3.8) is 0 Å². The number of fused-ring (bicyclic) bond motifs is 1. The lowest BCUT2D eigenvalue weighted by atomic mass is 9.96. The topological polar surface area (TPSA) is 0 Å². The maximum Gasteiger partial charge on any atom is 0.194 e. The zero-order chi connectivity index (χ0) is 21.3. The smallest absolute Gasteiger partial charge is 0.194 e. The Labute approximate surface area is 172 Å². The first-order valence-electron chi connectivity index (χ1n) is 9.94. The van der Waals surface area contributed by atoms with Gasteiger partial charge in [0.15, 0.2) is 17.5 Å². The molecule has 0 fully saturated rings. The maximum atomic E-state index is 15.1. The summed E-state index contributed by atoms with van der Waals surface area (Å²) in [5.74, 6) is -4.85. The van der Waals surface area contributed by atoms with E-state index in [0.717, 1.165) is 42.5 Å². The summed E-state index contributed by atoms with van der Waals surface area (Å²) in [5.41, 5.74) is 3.25. The van der Waals surface area contributed by atoms with Crippen molar-refractivity contribution < 1.29 is 17.6 Å². The third-order valence-electron chi connectivity index (χ3n) is 5.36. The number of rotatable bonds is 5. The second-order valence-corrected chi connectivity index (χ2v) is 7.42. The Morgan fingerprint density at radius 3 is 1.97 bits per heavy atom. The lowest BCUT2D eigenvalue weighted by molar-refractivity contribution is 0.447. The van der Waals surface area contributed by atoms with Crippen LogP contribution in [-0.4, -0.2) is 0 Å². The first-order chi connectivity index (χ1) is 14.5. The van der Waals surface area contributed by atoms with Gasteiger partial charge in [0.1, 0.15) is 5.82 Å². The second kappa shape index (κ2) is 8.31. The van der Waals surface area contributed by atoms with Gasteiger partial charge < -0.3 is 0 Å². The summed E-state index contributed by atoms with van der Waals surface area (Å²) in [5, 5.41) is 1.01. The molecule has 0 amide bonds. The second-order valence-electron chi connectivity index (χ2n) is 7.42. The molecule has 4 aromatic carbocycles. The number of benzene rings is 4. The van der Waals surface area contributed by atoms with Gasteiger partial charge in [0.2, 0.25) is 0 Å². The molecule has 0 saturated carbocycles. The van der Waals surface area contributed by atoms with E-state index in [9.17, 15) is 13.2 Å². The molecule has 4 rings (SSSR count). The molecule has 4 aromatic rings. The standard InChI is InChI=1S/C26H20F4/c1-2-3-4-16-5-7-17(8-6-16)18-9-11-21-19(13-18)10-12-22(25(21)29)20-14-23(27)26(30)24(28)15-20/h5-15H,2-4H2,1H3. The predicted molar refractivity (Wildman–Crippen MR) is 113 cm³/mol. The normalized spacial score (nSPS) is 11.2. The van der Waals surface area contributed by atoms with E-state index in [4.69, 9.17) is 0 Å². The molecule has 0 spiro atoms.